The van der Waals surface area contributed by atoms with Crippen LogP contribution in [-0.2, 0) is 71.2 Å². The number of Topliss-reactive ketones (excluding diaryl/α,β-unsaturated/α-hetero) is 1. The van der Waals surface area contributed by atoms with Gasteiger partial charge < -0.3 is 108 Å². The summed E-state index contributed by atoms with van der Waals surface area (Å²) < 4.78 is 80.5. The molecule has 0 aromatic heterocycles. The molecule has 1 aromatic rings. The number of carbonyl (C=O) groups is 2. The van der Waals surface area contributed by atoms with Gasteiger partial charge in [0.05, 0.1) is 67.0 Å². The van der Waals surface area contributed by atoms with Crippen molar-refractivity contribution in [2.45, 2.75) is 277 Å². The zero-order chi connectivity index (χ0) is 62.0. The second-order valence-corrected chi connectivity index (χ2v) is 26.0. The lowest BCUT2D eigenvalue weighted by atomic mass is 9.42. The van der Waals surface area contributed by atoms with Crippen LogP contribution in [0.4, 0.5) is 0 Å². The molecule has 3 saturated carbocycles. The molecule has 0 radical (unpaired) electrons. The quantitative estimate of drug-likeness (QED) is 0.0609. The first kappa shape index (κ1) is 65.9. The minimum atomic E-state index is -2.07. The molecular weight excluding hydrogens is 1130 g/mol. The fourth-order valence-electron chi connectivity index (χ4n) is 16.1. The van der Waals surface area contributed by atoms with Gasteiger partial charge in [-0.15, -0.1) is 0 Å². The van der Waals surface area contributed by atoms with E-state index in [1.807, 2.05) is 43.3 Å². The molecule has 29 atom stereocenters. The van der Waals surface area contributed by atoms with Crippen LogP contribution in [0.3, 0.4) is 0 Å². The molecule has 0 bridgehead atoms. The summed E-state index contributed by atoms with van der Waals surface area (Å²) in [7, 11) is 3.02. The number of methoxy groups -OCH3 is 2. The molecule has 4 aliphatic carbocycles. The van der Waals surface area contributed by atoms with E-state index in [9.17, 15) is 55.5 Å². The normalized spacial score (nSPS) is 49.7. The van der Waals surface area contributed by atoms with Crippen LogP contribution in [0.5, 0.6) is 0 Å². The fraction of sp³-hybridized carbons (Fsp3) is 0.806. The Balaban J connectivity index is 0.708. The molecule has 8 fully saturated rings. The van der Waals surface area contributed by atoms with Gasteiger partial charge in [0.25, 0.3) is 0 Å². The molecule has 86 heavy (non-hydrogen) atoms. The van der Waals surface area contributed by atoms with Crippen LogP contribution >= 0.6 is 0 Å². The van der Waals surface area contributed by atoms with Gasteiger partial charge in [0, 0.05) is 51.9 Å². The summed E-state index contributed by atoms with van der Waals surface area (Å²) in [5.74, 6) is -1.90. The van der Waals surface area contributed by atoms with Crippen LogP contribution in [-0.4, -0.2) is 237 Å². The Labute approximate surface area is 501 Å². The summed E-state index contributed by atoms with van der Waals surface area (Å²) in [5, 5.41) is 102. The summed E-state index contributed by atoms with van der Waals surface area (Å²) in [4.78, 5) is 27.0. The standard InChI is InChI=1S/C62H92O24/c1-30-53(83-48-26-40(74-8)55(32(3)78-48)85-47-25-39(66)54(31(2)77-47)84-49-27-41(75-9)56(33(4)79-49)86-57-52(70)51(69)50(68)42(29-63)81-57)38(65)24-46(76-30)80-37-18-19-58(6)36(23-37)17-20-61(72)43(58)28-44(82-45(67)16-15-35-13-11-10-12-14-35)59(7)60(71,34(5)64)21-22-62(59,61)73/h10-17,30-33,37-44,46-57,63,65-66,68-73H,18-29H2,1-9H3/b16-15+/t30-,31-,32-,33-,37+,38+,39+,40-,41+,42-,43-,44-,46+,47+,48+,49+,50-,51+,52-,53-,54-,55-,56-,57+,58+,59-,60-,61+,62-/m1/s1. The van der Waals surface area contributed by atoms with Crippen LogP contribution < -0.4 is 0 Å². The lowest BCUT2D eigenvalue weighted by Crippen LogP contribution is -2.78. The fourth-order valence-corrected chi connectivity index (χ4v) is 16.1. The number of aliphatic hydroxyl groups excluding tert-OH is 6. The first-order chi connectivity index (χ1) is 40.7. The highest BCUT2D eigenvalue weighted by atomic mass is 16.8. The minimum Gasteiger partial charge on any atom is -0.458 e. The Morgan fingerprint density at radius 2 is 1.19 bits per heavy atom. The van der Waals surface area contributed by atoms with Crippen molar-refractivity contribution < 1.29 is 117 Å². The number of hydrogen-bond donors (Lipinski definition) is 9. The van der Waals surface area contributed by atoms with Gasteiger partial charge in [0.1, 0.15) is 71.7 Å². The number of hydrogen-bond acceptors (Lipinski definition) is 24. The first-order valence-corrected chi connectivity index (χ1v) is 30.6. The SMILES string of the molecule is CO[C@H]1C[C@H](O[C@H]2[C@@H](O)C[C@H](O[C@@H]3[C@@H](C)O[C@@H](O[C@H]4[C@@H](O)C[C@H](O[C@H]5CC[C@@]6(C)C(=CC[C@]7(O)[C@@H]6C[C@@H](OC(=O)/C=C/c6ccccc6)[C@@]6(C)[C@]7(O)CC[C@@]6(O)C(C)=O)C5)O[C@@H]4C)C[C@H]3OC)O[C@@H]2C)O[C@H](C)[C@H]1O[C@@H]1O[C@H](CO)[C@@H](O)[C@H](O)[C@H]1O. The van der Waals surface area contributed by atoms with E-state index in [-0.39, 0.29) is 57.5 Å². The molecular formula is C62H92O24. The van der Waals surface area contributed by atoms with Gasteiger partial charge in [-0.25, -0.2) is 4.79 Å². The number of carbonyl (C=O) groups excluding carboxylic acids is 2. The van der Waals surface area contributed by atoms with Crippen LogP contribution in [0.15, 0.2) is 48.1 Å². The van der Waals surface area contributed by atoms with Crippen molar-refractivity contribution in [3.05, 3.63) is 53.6 Å². The third-order valence-corrected chi connectivity index (χ3v) is 21.1. The Hall–Kier alpha value is -3.00. The molecule has 5 saturated heterocycles. The average molecular weight is 1220 g/mol. The van der Waals surface area contributed by atoms with Gasteiger partial charge in [0.2, 0.25) is 0 Å². The molecule has 24 nitrogen and oxygen atoms in total. The molecule has 0 amide bonds. The van der Waals surface area contributed by atoms with Crippen molar-refractivity contribution in [1.29, 1.82) is 0 Å². The largest absolute Gasteiger partial charge is 0.458 e. The van der Waals surface area contributed by atoms with Crippen molar-refractivity contribution in [2.75, 3.05) is 20.8 Å². The zero-order valence-electron chi connectivity index (χ0n) is 50.6. The van der Waals surface area contributed by atoms with Crippen LogP contribution in [0.1, 0.15) is 125 Å². The Morgan fingerprint density at radius 1 is 0.651 bits per heavy atom. The highest BCUT2D eigenvalue weighted by Gasteiger charge is 2.81. The molecule has 5 aliphatic heterocycles. The molecule has 0 unspecified atom stereocenters. The van der Waals surface area contributed by atoms with Gasteiger partial charge in [-0.3, -0.25) is 4.79 Å². The molecule has 10 rings (SSSR count). The summed E-state index contributed by atoms with van der Waals surface area (Å²) in [6.45, 7) is 11.4. The lowest BCUT2D eigenvalue weighted by molar-refractivity contribution is -0.358. The second kappa shape index (κ2) is 25.9. The summed E-state index contributed by atoms with van der Waals surface area (Å²) in [5.41, 5.74) is -6.51. The van der Waals surface area contributed by atoms with Crippen molar-refractivity contribution in [1.82, 2.24) is 0 Å². The number of ketones is 1. The number of benzene rings is 1. The third-order valence-electron chi connectivity index (χ3n) is 21.1. The molecule has 0 spiro atoms. The Morgan fingerprint density at radius 3 is 1.73 bits per heavy atom. The van der Waals surface area contributed by atoms with Crippen molar-refractivity contribution in [2.24, 2.45) is 16.7 Å². The number of fused-ring (bicyclic) bond motifs is 5. The predicted molar refractivity (Wildman–Crippen MR) is 299 cm³/mol. The topological polar surface area (TPSA) is 336 Å². The number of aliphatic hydroxyl groups is 9. The molecule has 1 aromatic carbocycles. The maximum absolute atomic E-state index is 13.6. The third kappa shape index (κ3) is 12.0. The van der Waals surface area contributed by atoms with E-state index in [0.717, 1.165) is 11.1 Å². The Kier molecular flexibility index (Phi) is 19.9. The van der Waals surface area contributed by atoms with E-state index in [2.05, 4.69) is 6.92 Å². The van der Waals surface area contributed by atoms with Gasteiger partial charge in [-0.2, -0.15) is 0 Å². The van der Waals surface area contributed by atoms with E-state index in [1.165, 1.54) is 20.1 Å². The monoisotopic (exact) mass is 1220 g/mol. The molecule has 24 heteroatoms. The van der Waals surface area contributed by atoms with E-state index in [1.54, 1.807) is 40.9 Å². The summed E-state index contributed by atoms with van der Waals surface area (Å²) >= 11 is 0. The number of esters is 1. The van der Waals surface area contributed by atoms with Crippen LogP contribution in [0.25, 0.3) is 6.08 Å². The number of rotatable bonds is 17. The van der Waals surface area contributed by atoms with E-state index in [0.29, 0.717) is 19.3 Å². The second-order valence-electron chi connectivity index (χ2n) is 26.0. The lowest BCUT2D eigenvalue weighted by Gasteiger charge is -2.67. The average Bonchev–Trinajstić information content (AvgIpc) is 1.44. The molecule has 484 valence electrons. The van der Waals surface area contributed by atoms with Crippen molar-refractivity contribution >= 4 is 17.8 Å². The maximum Gasteiger partial charge on any atom is 0.331 e. The van der Waals surface area contributed by atoms with E-state index < -0.39 is 187 Å². The van der Waals surface area contributed by atoms with E-state index >= 15 is 0 Å². The Bertz CT molecular complexity index is 2530. The predicted octanol–water partition coefficient (Wildman–Crippen LogP) is 1.75. The van der Waals surface area contributed by atoms with Gasteiger partial charge in [-0.05, 0) is 104 Å². The number of ether oxygens (including phenoxy) is 13. The van der Waals surface area contributed by atoms with Crippen molar-refractivity contribution in [3.63, 3.8) is 0 Å². The van der Waals surface area contributed by atoms with Crippen LogP contribution in [0.2, 0.25) is 0 Å². The van der Waals surface area contributed by atoms with Crippen LogP contribution in [0, 0.1) is 16.7 Å². The zero-order valence-corrected chi connectivity index (χ0v) is 50.6. The van der Waals surface area contributed by atoms with Gasteiger partial charge >= 0.3 is 5.97 Å². The molecule has 9 aliphatic rings. The highest BCUT2D eigenvalue weighted by molar-refractivity contribution is 5.88. The minimum absolute atomic E-state index is 0.0355. The molecule has 5 heterocycles. The van der Waals surface area contributed by atoms with Crippen molar-refractivity contribution in [3.8, 4) is 0 Å². The van der Waals surface area contributed by atoms with Gasteiger partial charge in [-0.1, -0.05) is 48.9 Å². The first-order valence-electron chi connectivity index (χ1n) is 30.6. The van der Waals surface area contributed by atoms with Gasteiger partial charge in [0.15, 0.2) is 37.2 Å². The summed E-state index contributed by atoms with van der Waals surface area (Å²) in [6.07, 6.45) is -14.2. The maximum atomic E-state index is 13.6. The van der Waals surface area contributed by atoms with E-state index in [4.69, 9.17) is 61.6 Å². The highest BCUT2D eigenvalue weighted by Crippen LogP contribution is 2.71. The molecule has 9 N–H and O–H groups in total. The smallest absolute Gasteiger partial charge is 0.331 e. The summed E-state index contributed by atoms with van der Waals surface area (Å²) in [6, 6.07) is 9.22.